The molecule has 2 aromatic carbocycles. The molecule has 0 aliphatic heterocycles. The van der Waals surface area contributed by atoms with E-state index in [0.29, 0.717) is 25.2 Å². The van der Waals surface area contributed by atoms with Gasteiger partial charge in [-0.15, -0.1) is 0 Å². The standard InChI is InChI=1S/C24H22BrNO4/c1-3-24(25,23(27)28)14-16-9-10-21-18(11-16)12-19(30-21)13-20-15(2)29-22(26-20)17-7-5-4-6-8-17/h4-12H,3,13-14H2,1-2H3,(H,27,28). The lowest BCUT2D eigenvalue weighted by atomic mass is 9.96. The first kappa shape index (κ1) is 20.4. The van der Waals surface area contributed by atoms with Crippen LogP contribution in [0.5, 0.6) is 0 Å². The van der Waals surface area contributed by atoms with Crippen LogP contribution in [-0.2, 0) is 17.6 Å². The van der Waals surface area contributed by atoms with Gasteiger partial charge in [0.25, 0.3) is 0 Å². The van der Waals surface area contributed by atoms with Crippen LogP contribution in [0, 0.1) is 6.92 Å². The first-order valence-electron chi connectivity index (χ1n) is 9.83. The molecule has 0 fully saturated rings. The van der Waals surface area contributed by atoms with Gasteiger partial charge in [-0.1, -0.05) is 47.1 Å². The number of carbonyl (C=O) groups is 1. The molecule has 6 heteroatoms. The Kier molecular flexibility index (Phi) is 5.52. The second-order valence-electron chi connectivity index (χ2n) is 7.45. The summed E-state index contributed by atoms with van der Waals surface area (Å²) in [4.78, 5) is 16.2. The number of aromatic nitrogens is 1. The predicted molar refractivity (Wildman–Crippen MR) is 119 cm³/mol. The molecule has 0 spiro atoms. The fourth-order valence-corrected chi connectivity index (χ4v) is 3.81. The quantitative estimate of drug-likeness (QED) is 0.329. The minimum Gasteiger partial charge on any atom is -0.480 e. The van der Waals surface area contributed by atoms with Gasteiger partial charge in [-0.3, -0.25) is 4.79 Å². The predicted octanol–water partition coefficient (Wildman–Crippen LogP) is 6.16. The Labute approximate surface area is 182 Å². The summed E-state index contributed by atoms with van der Waals surface area (Å²) >= 11 is 3.39. The average molecular weight is 468 g/mol. The summed E-state index contributed by atoms with van der Waals surface area (Å²) in [6, 6.07) is 17.6. The molecule has 2 heterocycles. The summed E-state index contributed by atoms with van der Waals surface area (Å²) in [5.74, 6) is 1.30. The zero-order chi connectivity index (χ0) is 21.3. The van der Waals surface area contributed by atoms with Gasteiger partial charge < -0.3 is 13.9 Å². The summed E-state index contributed by atoms with van der Waals surface area (Å²) in [5, 5.41) is 10.5. The van der Waals surface area contributed by atoms with Crippen molar-refractivity contribution in [1.82, 2.24) is 4.98 Å². The van der Waals surface area contributed by atoms with Crippen LogP contribution in [-0.4, -0.2) is 20.4 Å². The van der Waals surface area contributed by atoms with Crippen LogP contribution in [0.1, 0.15) is 36.1 Å². The van der Waals surface area contributed by atoms with E-state index in [2.05, 4.69) is 20.9 Å². The molecule has 4 rings (SSSR count). The summed E-state index contributed by atoms with van der Waals surface area (Å²) in [7, 11) is 0. The highest BCUT2D eigenvalue weighted by molar-refractivity contribution is 9.10. The van der Waals surface area contributed by atoms with Crippen LogP contribution >= 0.6 is 15.9 Å². The van der Waals surface area contributed by atoms with Gasteiger partial charge >= 0.3 is 5.97 Å². The fraction of sp³-hybridized carbons (Fsp3) is 0.250. The van der Waals surface area contributed by atoms with Crippen molar-refractivity contribution < 1.29 is 18.7 Å². The second kappa shape index (κ2) is 8.11. The number of alkyl halides is 1. The van der Waals surface area contributed by atoms with E-state index < -0.39 is 10.3 Å². The van der Waals surface area contributed by atoms with Gasteiger partial charge in [0.1, 0.15) is 21.4 Å². The Morgan fingerprint density at radius 1 is 1.13 bits per heavy atom. The Balaban J connectivity index is 1.58. The van der Waals surface area contributed by atoms with Gasteiger partial charge in [0.05, 0.1) is 12.1 Å². The van der Waals surface area contributed by atoms with Crippen molar-refractivity contribution in [2.45, 2.75) is 37.4 Å². The maximum atomic E-state index is 11.6. The SMILES string of the molecule is CCC(Br)(Cc1ccc2oc(Cc3nc(-c4ccccc4)oc3C)cc2c1)C(=O)O. The first-order chi connectivity index (χ1) is 14.4. The Hall–Kier alpha value is -2.86. The molecular weight excluding hydrogens is 446 g/mol. The molecule has 0 radical (unpaired) electrons. The molecule has 0 saturated heterocycles. The molecule has 0 aliphatic rings. The molecule has 5 nitrogen and oxygen atoms in total. The van der Waals surface area contributed by atoms with Gasteiger partial charge in [-0.25, -0.2) is 4.98 Å². The maximum Gasteiger partial charge on any atom is 0.320 e. The van der Waals surface area contributed by atoms with E-state index >= 15 is 0 Å². The van der Waals surface area contributed by atoms with Crippen LogP contribution in [0.3, 0.4) is 0 Å². The molecule has 0 amide bonds. The summed E-state index contributed by atoms with van der Waals surface area (Å²) in [6.45, 7) is 3.77. The van der Waals surface area contributed by atoms with Crippen LogP contribution in [0.15, 0.2) is 63.4 Å². The van der Waals surface area contributed by atoms with Crippen molar-refractivity contribution in [3.05, 3.63) is 77.4 Å². The number of furan rings is 1. The lowest BCUT2D eigenvalue weighted by molar-refractivity contribution is -0.139. The zero-order valence-electron chi connectivity index (χ0n) is 16.8. The molecule has 30 heavy (non-hydrogen) atoms. The fourth-order valence-electron chi connectivity index (χ4n) is 3.48. The first-order valence-corrected chi connectivity index (χ1v) is 10.6. The van der Waals surface area contributed by atoms with Crippen LogP contribution < -0.4 is 0 Å². The minimum absolute atomic E-state index is 0.401. The molecule has 2 aromatic heterocycles. The lowest BCUT2D eigenvalue weighted by Crippen LogP contribution is -2.33. The average Bonchev–Trinajstić information content (AvgIpc) is 3.31. The van der Waals surface area contributed by atoms with E-state index in [1.165, 1.54) is 0 Å². The van der Waals surface area contributed by atoms with Gasteiger partial charge in [0, 0.05) is 10.9 Å². The van der Waals surface area contributed by atoms with Gasteiger partial charge in [0.2, 0.25) is 5.89 Å². The Morgan fingerprint density at radius 3 is 2.60 bits per heavy atom. The third kappa shape index (κ3) is 4.05. The zero-order valence-corrected chi connectivity index (χ0v) is 18.4. The molecule has 1 N–H and O–H groups in total. The third-order valence-electron chi connectivity index (χ3n) is 5.31. The number of aryl methyl sites for hydroxylation is 1. The topological polar surface area (TPSA) is 76.5 Å². The van der Waals surface area contributed by atoms with Gasteiger partial charge in [-0.05, 0) is 55.7 Å². The van der Waals surface area contributed by atoms with E-state index in [4.69, 9.17) is 8.83 Å². The third-order valence-corrected chi connectivity index (χ3v) is 6.50. The number of carboxylic acid groups (broad SMARTS) is 1. The smallest absolute Gasteiger partial charge is 0.320 e. The van der Waals surface area contributed by atoms with E-state index in [9.17, 15) is 9.90 Å². The number of halogens is 1. The number of aliphatic carboxylic acids is 1. The van der Waals surface area contributed by atoms with Crippen molar-refractivity contribution >= 4 is 32.9 Å². The van der Waals surface area contributed by atoms with Crippen molar-refractivity contribution in [2.24, 2.45) is 0 Å². The largest absolute Gasteiger partial charge is 0.480 e. The van der Waals surface area contributed by atoms with E-state index in [1.807, 2.05) is 68.4 Å². The molecule has 0 saturated carbocycles. The number of nitrogens with zero attached hydrogens (tertiary/aromatic N) is 1. The molecular formula is C24H22BrNO4. The molecule has 0 bridgehead atoms. The van der Waals surface area contributed by atoms with E-state index in [1.54, 1.807) is 0 Å². The molecule has 4 aromatic rings. The van der Waals surface area contributed by atoms with E-state index in [-0.39, 0.29) is 0 Å². The monoisotopic (exact) mass is 467 g/mol. The van der Waals surface area contributed by atoms with Crippen molar-refractivity contribution in [2.75, 3.05) is 0 Å². The number of carboxylic acids is 1. The highest BCUT2D eigenvalue weighted by Gasteiger charge is 2.33. The number of oxazole rings is 1. The molecule has 1 atom stereocenters. The lowest BCUT2D eigenvalue weighted by Gasteiger charge is -2.20. The molecule has 154 valence electrons. The minimum atomic E-state index is -0.959. The molecule has 0 aliphatic carbocycles. The highest BCUT2D eigenvalue weighted by atomic mass is 79.9. The van der Waals surface area contributed by atoms with Crippen molar-refractivity contribution in [3.63, 3.8) is 0 Å². The van der Waals surface area contributed by atoms with Crippen LogP contribution in [0.25, 0.3) is 22.4 Å². The van der Waals surface area contributed by atoms with Crippen molar-refractivity contribution in [1.29, 1.82) is 0 Å². The van der Waals surface area contributed by atoms with Crippen LogP contribution in [0.2, 0.25) is 0 Å². The van der Waals surface area contributed by atoms with Gasteiger partial charge in [-0.2, -0.15) is 0 Å². The number of fused-ring (bicyclic) bond motifs is 1. The maximum absolute atomic E-state index is 11.6. The normalized spacial score (nSPS) is 13.4. The summed E-state index contributed by atoms with van der Waals surface area (Å²) < 4.78 is 10.9. The Bertz CT molecular complexity index is 1190. The van der Waals surface area contributed by atoms with E-state index in [0.717, 1.165) is 39.3 Å². The van der Waals surface area contributed by atoms with Crippen molar-refractivity contribution in [3.8, 4) is 11.5 Å². The second-order valence-corrected chi connectivity index (χ2v) is 8.97. The highest BCUT2D eigenvalue weighted by Crippen LogP contribution is 2.31. The number of benzene rings is 2. The van der Waals surface area contributed by atoms with Crippen LogP contribution in [0.4, 0.5) is 0 Å². The number of hydrogen-bond donors (Lipinski definition) is 1. The number of rotatable bonds is 7. The van der Waals surface area contributed by atoms with Gasteiger partial charge in [0.15, 0.2) is 0 Å². The summed E-state index contributed by atoms with van der Waals surface area (Å²) in [5.41, 5.74) is 3.49. The number of hydrogen-bond acceptors (Lipinski definition) is 4. The molecule has 1 unspecified atom stereocenters. The summed E-state index contributed by atoms with van der Waals surface area (Å²) in [6.07, 6.45) is 1.42. The Morgan fingerprint density at radius 2 is 1.90 bits per heavy atom.